The van der Waals surface area contributed by atoms with Crippen LogP contribution in [0, 0.1) is 5.92 Å². The molecule has 1 N–H and O–H groups in total. The first-order chi connectivity index (χ1) is 14.0. The van der Waals surface area contributed by atoms with Gasteiger partial charge in [-0.15, -0.1) is 0 Å². The molecule has 1 fully saturated rings. The molecule has 29 heavy (non-hydrogen) atoms. The molecule has 0 aromatic heterocycles. The molecule has 3 rings (SSSR count). The second kappa shape index (κ2) is 9.93. The average molecular weight is 413 g/mol. The predicted molar refractivity (Wildman–Crippen MR) is 117 cm³/mol. The van der Waals surface area contributed by atoms with E-state index in [-0.39, 0.29) is 17.7 Å². The quantitative estimate of drug-likeness (QED) is 0.734. The van der Waals surface area contributed by atoms with E-state index in [2.05, 4.69) is 17.4 Å². The molecule has 1 saturated heterocycles. The van der Waals surface area contributed by atoms with Crippen molar-refractivity contribution in [2.75, 3.05) is 13.1 Å². The fourth-order valence-corrected chi connectivity index (χ4v) is 3.99. The highest BCUT2D eigenvalue weighted by Crippen LogP contribution is 2.29. The van der Waals surface area contributed by atoms with Gasteiger partial charge in [0.25, 0.3) is 5.91 Å². The first-order valence-electron chi connectivity index (χ1n) is 10.4. The molecule has 1 aliphatic heterocycles. The third kappa shape index (κ3) is 5.39. The number of nitrogens with one attached hydrogen (secondary N) is 1. The number of hydrogen-bond donors (Lipinski definition) is 1. The van der Waals surface area contributed by atoms with Gasteiger partial charge in [0.15, 0.2) is 0 Å². The summed E-state index contributed by atoms with van der Waals surface area (Å²) in [7, 11) is 0. The van der Waals surface area contributed by atoms with Crippen molar-refractivity contribution in [2.45, 2.75) is 45.1 Å². The van der Waals surface area contributed by atoms with Gasteiger partial charge in [0.1, 0.15) is 6.04 Å². The zero-order valence-electron chi connectivity index (χ0n) is 17.1. The van der Waals surface area contributed by atoms with Crippen LogP contribution in [-0.4, -0.2) is 35.8 Å². The van der Waals surface area contributed by atoms with Crippen LogP contribution in [0.1, 0.15) is 54.9 Å². The number of rotatable bonds is 6. The molecule has 0 spiro atoms. The maximum absolute atomic E-state index is 13.2. The first kappa shape index (κ1) is 21.4. The number of piperidine rings is 1. The Morgan fingerprint density at radius 2 is 1.69 bits per heavy atom. The molecule has 0 saturated carbocycles. The average Bonchev–Trinajstić information content (AvgIpc) is 2.77. The van der Waals surface area contributed by atoms with Crippen LogP contribution in [0.2, 0.25) is 5.02 Å². The van der Waals surface area contributed by atoms with Crippen LogP contribution < -0.4 is 5.32 Å². The minimum absolute atomic E-state index is 0.0261. The maximum atomic E-state index is 13.2. The lowest BCUT2D eigenvalue weighted by Gasteiger charge is -2.36. The third-order valence-corrected chi connectivity index (χ3v) is 6.20. The summed E-state index contributed by atoms with van der Waals surface area (Å²) in [5.41, 5.74) is 1.85. The summed E-state index contributed by atoms with van der Waals surface area (Å²) < 4.78 is 0. The molecule has 0 bridgehead atoms. The van der Waals surface area contributed by atoms with Crippen molar-refractivity contribution in [1.82, 2.24) is 10.2 Å². The lowest BCUT2D eigenvalue weighted by Crippen LogP contribution is -2.53. The highest BCUT2D eigenvalue weighted by atomic mass is 35.5. The van der Waals surface area contributed by atoms with Gasteiger partial charge in [0.2, 0.25) is 5.91 Å². The Hall–Kier alpha value is -2.33. The van der Waals surface area contributed by atoms with Gasteiger partial charge in [-0.25, -0.2) is 0 Å². The number of likely N-dealkylation sites (tertiary alicyclic amines) is 1. The highest BCUT2D eigenvalue weighted by Gasteiger charge is 2.32. The van der Waals surface area contributed by atoms with Gasteiger partial charge in [0, 0.05) is 23.7 Å². The zero-order chi connectivity index (χ0) is 20.8. The normalized spacial score (nSPS) is 16.9. The van der Waals surface area contributed by atoms with E-state index in [9.17, 15) is 9.59 Å². The van der Waals surface area contributed by atoms with Crippen molar-refractivity contribution in [2.24, 2.45) is 5.92 Å². The van der Waals surface area contributed by atoms with E-state index >= 15 is 0 Å². The number of carbonyl (C=O) groups excluding carboxylic acids is 2. The van der Waals surface area contributed by atoms with Gasteiger partial charge in [-0.1, -0.05) is 62.2 Å². The molecular weight excluding hydrogens is 384 g/mol. The Morgan fingerprint density at radius 3 is 2.28 bits per heavy atom. The summed E-state index contributed by atoms with van der Waals surface area (Å²) in [6.45, 7) is 5.49. The Labute approximate surface area is 178 Å². The molecule has 2 aromatic carbocycles. The summed E-state index contributed by atoms with van der Waals surface area (Å²) in [4.78, 5) is 27.8. The van der Waals surface area contributed by atoms with Crippen LogP contribution >= 0.6 is 11.6 Å². The number of carbonyl (C=O) groups is 2. The predicted octanol–water partition coefficient (Wildman–Crippen LogP) is 4.89. The lowest BCUT2D eigenvalue weighted by molar-refractivity contribution is -0.135. The summed E-state index contributed by atoms with van der Waals surface area (Å²) in [5, 5.41) is 3.73. The van der Waals surface area contributed by atoms with E-state index < -0.39 is 6.04 Å². The van der Waals surface area contributed by atoms with Crippen molar-refractivity contribution in [3.63, 3.8) is 0 Å². The molecule has 1 heterocycles. The van der Waals surface area contributed by atoms with E-state index in [4.69, 9.17) is 11.6 Å². The largest absolute Gasteiger partial charge is 0.341 e. The Morgan fingerprint density at radius 1 is 1.07 bits per heavy atom. The second-order valence-corrected chi connectivity index (χ2v) is 8.29. The van der Waals surface area contributed by atoms with E-state index in [0.29, 0.717) is 24.6 Å². The fraction of sp³-hybridized carbons (Fsp3) is 0.417. The molecular formula is C24H29ClN2O2. The molecule has 154 valence electrons. The number of benzene rings is 2. The van der Waals surface area contributed by atoms with Crippen LogP contribution in [-0.2, 0) is 4.79 Å². The molecule has 1 unspecified atom stereocenters. The van der Waals surface area contributed by atoms with Crippen molar-refractivity contribution in [3.8, 4) is 0 Å². The van der Waals surface area contributed by atoms with E-state index in [1.165, 1.54) is 5.56 Å². The molecule has 4 nitrogen and oxygen atoms in total. The molecule has 0 aliphatic carbocycles. The Balaban J connectivity index is 1.64. The smallest absolute Gasteiger partial charge is 0.251 e. The van der Waals surface area contributed by atoms with Crippen molar-refractivity contribution < 1.29 is 9.59 Å². The standard InChI is InChI=1S/C24H29ClN2O2/c1-3-17(2)22(26-23(28)20-7-5-4-6-8-20)24(29)27-15-13-19(14-16-27)18-9-11-21(25)12-10-18/h4-12,17,19,22H,3,13-16H2,1-2H3,(H,26,28)/t17?,22-/m1/s1. The molecule has 2 amide bonds. The monoisotopic (exact) mass is 412 g/mol. The van der Waals surface area contributed by atoms with Crippen molar-refractivity contribution in [3.05, 3.63) is 70.7 Å². The fourth-order valence-electron chi connectivity index (χ4n) is 3.86. The van der Waals surface area contributed by atoms with Crippen LogP contribution in [0.25, 0.3) is 0 Å². The van der Waals surface area contributed by atoms with Crippen molar-refractivity contribution >= 4 is 23.4 Å². The minimum Gasteiger partial charge on any atom is -0.341 e. The minimum atomic E-state index is -0.500. The van der Waals surface area contributed by atoms with Gasteiger partial charge >= 0.3 is 0 Å². The first-order valence-corrected chi connectivity index (χ1v) is 10.8. The summed E-state index contributed by atoms with van der Waals surface area (Å²) in [6.07, 6.45) is 2.67. The molecule has 2 atom stereocenters. The van der Waals surface area contributed by atoms with Gasteiger partial charge in [-0.3, -0.25) is 9.59 Å². The molecule has 5 heteroatoms. The Kier molecular flexibility index (Phi) is 7.32. The van der Waals surface area contributed by atoms with Crippen LogP contribution in [0.5, 0.6) is 0 Å². The number of halogens is 1. The highest BCUT2D eigenvalue weighted by molar-refractivity contribution is 6.30. The van der Waals surface area contributed by atoms with Crippen LogP contribution in [0.15, 0.2) is 54.6 Å². The van der Waals surface area contributed by atoms with Gasteiger partial charge in [0.05, 0.1) is 0 Å². The summed E-state index contributed by atoms with van der Waals surface area (Å²) >= 11 is 5.99. The topological polar surface area (TPSA) is 49.4 Å². The third-order valence-electron chi connectivity index (χ3n) is 5.95. The zero-order valence-corrected chi connectivity index (χ0v) is 17.9. The Bertz CT molecular complexity index is 815. The van der Waals surface area contributed by atoms with Crippen LogP contribution in [0.3, 0.4) is 0 Å². The van der Waals surface area contributed by atoms with E-state index in [1.807, 2.05) is 49.1 Å². The summed E-state index contributed by atoms with van der Waals surface area (Å²) in [5.74, 6) is 0.347. The van der Waals surface area contributed by atoms with Gasteiger partial charge in [-0.2, -0.15) is 0 Å². The molecule has 2 aromatic rings. The van der Waals surface area contributed by atoms with Gasteiger partial charge in [-0.05, 0) is 54.5 Å². The lowest BCUT2D eigenvalue weighted by atomic mass is 9.88. The number of hydrogen-bond acceptors (Lipinski definition) is 2. The van der Waals surface area contributed by atoms with Crippen LogP contribution in [0.4, 0.5) is 0 Å². The second-order valence-electron chi connectivity index (χ2n) is 7.85. The maximum Gasteiger partial charge on any atom is 0.251 e. The summed E-state index contributed by atoms with van der Waals surface area (Å²) in [6, 6.07) is 16.6. The van der Waals surface area contributed by atoms with Gasteiger partial charge < -0.3 is 10.2 Å². The molecule has 0 radical (unpaired) electrons. The van der Waals surface area contributed by atoms with E-state index in [1.54, 1.807) is 12.1 Å². The number of amides is 2. The number of nitrogens with zero attached hydrogens (tertiary/aromatic N) is 1. The SMILES string of the molecule is CCC(C)[C@@H](NC(=O)c1ccccc1)C(=O)N1CCC(c2ccc(Cl)cc2)CC1. The van der Waals surface area contributed by atoms with Crippen molar-refractivity contribution in [1.29, 1.82) is 0 Å². The molecule has 1 aliphatic rings. The van der Waals surface area contributed by atoms with E-state index in [0.717, 1.165) is 24.3 Å².